The maximum absolute atomic E-state index is 13.3. The Balaban J connectivity index is 1.90. The predicted molar refractivity (Wildman–Crippen MR) is 122 cm³/mol. The lowest BCUT2D eigenvalue weighted by atomic mass is 10.1. The molecule has 0 bridgehead atoms. The van der Waals surface area contributed by atoms with Gasteiger partial charge in [0.25, 0.3) is 15.9 Å². The summed E-state index contributed by atoms with van der Waals surface area (Å²) in [6.45, 7) is 4.56. The molecule has 1 aliphatic heterocycles. The van der Waals surface area contributed by atoms with Gasteiger partial charge in [-0.15, -0.1) is 0 Å². The number of carbonyl (C=O) groups is 3. The second-order valence-corrected chi connectivity index (χ2v) is 10.6. The minimum Gasteiger partial charge on any atom is -0.352 e. The van der Waals surface area contributed by atoms with Crippen molar-refractivity contribution in [1.29, 1.82) is 0 Å². The Hall–Kier alpha value is -2.72. The Morgan fingerprint density at radius 2 is 1.78 bits per heavy atom. The highest BCUT2D eigenvalue weighted by molar-refractivity contribution is 9.10. The van der Waals surface area contributed by atoms with Gasteiger partial charge in [-0.3, -0.25) is 14.4 Å². The summed E-state index contributed by atoms with van der Waals surface area (Å²) < 4.78 is 27.1. The molecule has 2 aromatic carbocycles. The summed E-state index contributed by atoms with van der Waals surface area (Å²) in [5, 5.41) is 2.77. The van der Waals surface area contributed by atoms with Gasteiger partial charge in [-0.05, 0) is 50.6 Å². The van der Waals surface area contributed by atoms with Crippen molar-refractivity contribution >= 4 is 43.7 Å². The van der Waals surface area contributed by atoms with E-state index in [0.717, 1.165) is 10.0 Å². The smallest absolute Gasteiger partial charge is 0.269 e. The van der Waals surface area contributed by atoms with Crippen LogP contribution in [0.1, 0.15) is 36.7 Å². The van der Waals surface area contributed by atoms with Gasteiger partial charge in [-0.2, -0.15) is 0 Å². The number of benzene rings is 2. The van der Waals surface area contributed by atoms with Gasteiger partial charge >= 0.3 is 0 Å². The first-order valence-electron chi connectivity index (χ1n) is 10.0. The molecule has 32 heavy (non-hydrogen) atoms. The van der Waals surface area contributed by atoms with E-state index >= 15 is 0 Å². The Morgan fingerprint density at radius 1 is 1.09 bits per heavy atom. The van der Waals surface area contributed by atoms with Crippen LogP contribution in [-0.4, -0.2) is 54.0 Å². The minimum atomic E-state index is -4.14. The highest BCUT2D eigenvalue weighted by Gasteiger charge is 2.43. The lowest BCUT2D eigenvalue weighted by Gasteiger charge is -2.30. The summed E-state index contributed by atoms with van der Waals surface area (Å²) in [6.07, 6.45) is 0. The molecular formula is C22H24BrN3O5S. The maximum atomic E-state index is 13.3. The summed E-state index contributed by atoms with van der Waals surface area (Å²) >= 11 is 3.38. The molecule has 1 atom stereocenters. The number of rotatable bonds is 7. The van der Waals surface area contributed by atoms with E-state index in [0.29, 0.717) is 4.31 Å². The number of nitrogens with one attached hydrogen (secondary N) is 1. The Bertz CT molecular complexity index is 1170. The Morgan fingerprint density at radius 3 is 2.41 bits per heavy atom. The molecule has 1 aliphatic rings. The molecule has 10 heteroatoms. The lowest BCUT2D eigenvalue weighted by Crippen LogP contribution is -2.52. The summed E-state index contributed by atoms with van der Waals surface area (Å²) in [6, 6.07) is 12.1. The third-order valence-electron chi connectivity index (χ3n) is 5.03. The van der Waals surface area contributed by atoms with Crippen LogP contribution in [-0.2, 0) is 26.2 Å². The van der Waals surface area contributed by atoms with E-state index in [9.17, 15) is 22.8 Å². The highest BCUT2D eigenvalue weighted by Crippen LogP contribution is 2.30. The van der Waals surface area contributed by atoms with E-state index in [1.54, 1.807) is 45.0 Å². The molecular weight excluding hydrogens is 498 g/mol. The highest BCUT2D eigenvalue weighted by atomic mass is 79.9. The van der Waals surface area contributed by atoms with E-state index in [4.69, 9.17) is 0 Å². The quantitative estimate of drug-likeness (QED) is 0.602. The Kier molecular flexibility index (Phi) is 7.04. The van der Waals surface area contributed by atoms with Crippen molar-refractivity contribution in [3.63, 3.8) is 0 Å². The normalized spacial score (nSPS) is 15.4. The van der Waals surface area contributed by atoms with Crippen LogP contribution in [0.25, 0.3) is 0 Å². The van der Waals surface area contributed by atoms with Crippen LogP contribution in [0.4, 0.5) is 0 Å². The van der Waals surface area contributed by atoms with Gasteiger partial charge in [0.2, 0.25) is 11.8 Å². The number of hydrogen-bond donors (Lipinski definition) is 1. The van der Waals surface area contributed by atoms with Crippen LogP contribution >= 0.6 is 15.9 Å². The van der Waals surface area contributed by atoms with Crippen molar-refractivity contribution in [2.45, 2.75) is 44.3 Å². The molecule has 0 aromatic heterocycles. The van der Waals surface area contributed by atoms with Crippen molar-refractivity contribution in [3.05, 3.63) is 64.1 Å². The van der Waals surface area contributed by atoms with Gasteiger partial charge in [0.1, 0.15) is 17.5 Å². The largest absolute Gasteiger partial charge is 0.352 e. The van der Waals surface area contributed by atoms with Crippen LogP contribution in [0, 0.1) is 0 Å². The number of nitrogens with zero attached hydrogens (tertiary/aromatic N) is 2. The van der Waals surface area contributed by atoms with E-state index in [1.165, 1.54) is 23.1 Å². The average molecular weight is 522 g/mol. The van der Waals surface area contributed by atoms with Crippen LogP contribution in [0.15, 0.2) is 57.9 Å². The summed E-state index contributed by atoms with van der Waals surface area (Å²) in [5.74, 6) is -1.78. The molecule has 0 saturated heterocycles. The molecule has 0 fully saturated rings. The molecule has 1 N–H and O–H groups in total. The third-order valence-corrected chi connectivity index (χ3v) is 7.31. The second kappa shape index (κ2) is 9.41. The van der Waals surface area contributed by atoms with Crippen molar-refractivity contribution in [3.8, 4) is 0 Å². The lowest BCUT2D eigenvalue weighted by molar-refractivity contribution is -0.140. The standard InChI is InChI=1S/C22H24BrN3O5S/c1-14(2)24-21(28)15(3)25(12-16-7-6-8-17(23)11-16)20(27)13-26-22(29)18-9-4-5-10-19(18)32(26,30)31/h4-11,14-15H,12-13H2,1-3H3,(H,24,28)/t15-/m0/s1. The summed E-state index contributed by atoms with van der Waals surface area (Å²) in [7, 11) is -4.14. The molecule has 3 amide bonds. The number of carbonyl (C=O) groups excluding carboxylic acids is 3. The zero-order valence-electron chi connectivity index (χ0n) is 17.9. The van der Waals surface area contributed by atoms with Gasteiger partial charge in [-0.1, -0.05) is 40.2 Å². The molecule has 0 spiro atoms. The van der Waals surface area contributed by atoms with Gasteiger partial charge in [0.15, 0.2) is 0 Å². The van der Waals surface area contributed by atoms with Crippen molar-refractivity contribution in [1.82, 2.24) is 14.5 Å². The zero-order chi connectivity index (χ0) is 23.6. The fourth-order valence-electron chi connectivity index (χ4n) is 3.42. The van der Waals surface area contributed by atoms with E-state index in [-0.39, 0.29) is 29.0 Å². The third kappa shape index (κ3) is 4.86. The molecule has 1 heterocycles. The predicted octanol–water partition coefficient (Wildman–Crippen LogP) is 2.54. The van der Waals surface area contributed by atoms with Crippen LogP contribution < -0.4 is 5.32 Å². The number of amides is 3. The minimum absolute atomic E-state index is 0.0319. The fourth-order valence-corrected chi connectivity index (χ4v) is 5.39. The van der Waals surface area contributed by atoms with Crippen molar-refractivity contribution in [2.75, 3.05) is 6.54 Å². The van der Waals surface area contributed by atoms with Gasteiger partial charge in [-0.25, -0.2) is 12.7 Å². The van der Waals surface area contributed by atoms with Crippen LogP contribution in [0.2, 0.25) is 0 Å². The number of hydrogen-bond acceptors (Lipinski definition) is 5. The number of fused-ring (bicyclic) bond motifs is 1. The zero-order valence-corrected chi connectivity index (χ0v) is 20.3. The summed E-state index contributed by atoms with van der Waals surface area (Å²) in [5.41, 5.74) is 0.778. The van der Waals surface area contributed by atoms with E-state index < -0.39 is 34.4 Å². The molecule has 0 aliphatic carbocycles. The molecule has 2 aromatic rings. The topological polar surface area (TPSA) is 104 Å². The van der Waals surface area contributed by atoms with E-state index in [2.05, 4.69) is 21.2 Å². The Labute approximate surface area is 195 Å². The van der Waals surface area contributed by atoms with Gasteiger partial charge in [0, 0.05) is 17.1 Å². The monoisotopic (exact) mass is 521 g/mol. The first-order valence-corrected chi connectivity index (χ1v) is 12.3. The maximum Gasteiger partial charge on any atom is 0.269 e. The first kappa shape index (κ1) is 23.9. The SMILES string of the molecule is CC(C)NC(=O)[C@H](C)N(Cc1cccc(Br)c1)C(=O)CN1C(=O)c2ccccc2S1(=O)=O. The van der Waals surface area contributed by atoms with Crippen LogP contribution in [0.3, 0.4) is 0 Å². The molecule has 170 valence electrons. The second-order valence-electron chi connectivity index (χ2n) is 7.80. The molecule has 0 radical (unpaired) electrons. The fraction of sp³-hybridized carbons (Fsp3) is 0.318. The first-order chi connectivity index (χ1) is 15.0. The van der Waals surface area contributed by atoms with Crippen LogP contribution in [0.5, 0.6) is 0 Å². The summed E-state index contributed by atoms with van der Waals surface area (Å²) in [4.78, 5) is 39.8. The molecule has 0 saturated carbocycles. The van der Waals surface area contributed by atoms with E-state index in [1.807, 2.05) is 6.07 Å². The van der Waals surface area contributed by atoms with Crippen molar-refractivity contribution in [2.24, 2.45) is 0 Å². The van der Waals surface area contributed by atoms with Gasteiger partial charge in [0.05, 0.1) is 5.56 Å². The molecule has 8 nitrogen and oxygen atoms in total. The molecule has 0 unspecified atom stereocenters. The average Bonchev–Trinajstić information content (AvgIpc) is 2.92. The van der Waals surface area contributed by atoms with Crippen molar-refractivity contribution < 1.29 is 22.8 Å². The number of halogens is 1. The number of sulfonamides is 1. The van der Waals surface area contributed by atoms with Gasteiger partial charge < -0.3 is 10.2 Å². The molecule has 3 rings (SSSR count).